The Labute approximate surface area is 521 Å². The van der Waals surface area contributed by atoms with Crippen LogP contribution in [0.2, 0.25) is 0 Å². The van der Waals surface area contributed by atoms with Crippen LogP contribution in [0.4, 0.5) is 19.2 Å². The molecule has 0 rings (SSSR count). The van der Waals surface area contributed by atoms with E-state index in [1.165, 1.54) is 93.8 Å². The molecule has 0 heterocycles. The molecule has 0 radical (unpaired) electrons. The predicted octanol–water partition coefficient (Wildman–Crippen LogP) is 13.3. The van der Waals surface area contributed by atoms with Crippen LogP contribution in [0.25, 0.3) is 0 Å². The largest absolute Gasteiger partial charge is 0.444 e. The highest BCUT2D eigenvalue weighted by Crippen LogP contribution is 2.32. The number of hydrogen-bond acceptors (Lipinski definition) is 14. The van der Waals surface area contributed by atoms with Gasteiger partial charge in [0.2, 0.25) is 11.7 Å². The average molecular weight is 1230 g/mol. The second-order valence-corrected chi connectivity index (χ2v) is 27.7. The maximum atomic E-state index is 15.0. The molecule has 0 aromatic heterocycles. The van der Waals surface area contributed by atoms with Crippen molar-refractivity contribution >= 4 is 36.2 Å². The molecule has 6 amide bonds. The molecular weight excluding hydrogens is 1100 g/mol. The van der Waals surface area contributed by atoms with Gasteiger partial charge in [-0.2, -0.15) is 0 Å². The number of unbranched alkanes of at least 4 members (excludes halogenated alkanes) is 22. The Morgan fingerprint density at radius 2 is 0.826 bits per heavy atom. The van der Waals surface area contributed by atoms with Crippen molar-refractivity contribution in [3.8, 4) is 0 Å². The summed E-state index contributed by atoms with van der Waals surface area (Å²) in [6, 6.07) is -1.17. The molecule has 0 aliphatic heterocycles. The van der Waals surface area contributed by atoms with E-state index in [9.17, 15) is 49.2 Å². The quantitative estimate of drug-likeness (QED) is 0.0170. The molecule has 0 saturated carbocycles. The van der Waals surface area contributed by atoms with Crippen LogP contribution in [0.5, 0.6) is 0 Å². The monoisotopic (exact) mass is 1230 g/mol. The van der Waals surface area contributed by atoms with Crippen molar-refractivity contribution < 1.29 is 68.1 Å². The summed E-state index contributed by atoms with van der Waals surface area (Å²) >= 11 is 0. The molecule has 0 fully saturated rings. The summed E-state index contributed by atoms with van der Waals surface area (Å²) < 4.78 is 23.9. The number of alkyl carbamates (subject to hydrolysis) is 1. The van der Waals surface area contributed by atoms with Crippen molar-refractivity contribution in [2.45, 2.75) is 356 Å². The van der Waals surface area contributed by atoms with Crippen molar-refractivity contribution in [1.82, 2.24) is 30.7 Å². The third kappa shape index (κ3) is 37.6. The number of aliphatic hydroxyl groups is 4. The van der Waals surface area contributed by atoms with E-state index >= 15 is 0 Å². The smallest absolute Gasteiger partial charge is 0.413 e. The van der Waals surface area contributed by atoms with Gasteiger partial charge in [0.15, 0.2) is 6.10 Å². The topological polar surface area (TPSA) is 266 Å². The number of ether oxygens (including phenoxy) is 4. The fourth-order valence-corrected chi connectivity index (χ4v) is 10.1. The van der Waals surface area contributed by atoms with Crippen LogP contribution in [0, 0.1) is 0 Å². The van der Waals surface area contributed by atoms with E-state index in [0.29, 0.717) is 64.6 Å². The molecule has 7 N–H and O–H groups in total. The number of amides is 6. The zero-order chi connectivity index (χ0) is 65.6. The Balaban J connectivity index is 5.84. The minimum absolute atomic E-state index is 0.0287. The molecule has 0 bridgehead atoms. The normalized spacial score (nSPS) is 14.6. The lowest BCUT2D eigenvalue weighted by molar-refractivity contribution is -0.146. The van der Waals surface area contributed by atoms with Crippen molar-refractivity contribution in [3.63, 3.8) is 0 Å². The van der Waals surface area contributed by atoms with E-state index in [1.807, 2.05) is 41.5 Å². The van der Waals surface area contributed by atoms with Gasteiger partial charge in [-0.25, -0.2) is 19.2 Å². The van der Waals surface area contributed by atoms with Crippen LogP contribution in [0.15, 0.2) is 0 Å². The molecular formula is C66H128N6O14. The van der Waals surface area contributed by atoms with Crippen LogP contribution in [0.3, 0.4) is 0 Å². The Hall–Kier alpha value is -4.14. The second kappa shape index (κ2) is 43.5. The van der Waals surface area contributed by atoms with Gasteiger partial charge in [0, 0.05) is 39.1 Å². The lowest BCUT2D eigenvalue weighted by atomic mass is 9.96. The first kappa shape index (κ1) is 81.9. The fraction of sp³-hybridized carbons (Fsp3) is 0.909. The molecule has 0 spiro atoms. The maximum absolute atomic E-state index is 15.0. The van der Waals surface area contributed by atoms with Crippen LogP contribution in [-0.2, 0) is 28.5 Å². The summed E-state index contributed by atoms with van der Waals surface area (Å²) in [5.74, 6) is -3.23. The van der Waals surface area contributed by atoms with Crippen LogP contribution < -0.4 is 16.0 Å². The Kier molecular flexibility index (Phi) is 41.4. The van der Waals surface area contributed by atoms with Crippen molar-refractivity contribution in [2.24, 2.45) is 0 Å². The predicted molar refractivity (Wildman–Crippen MR) is 341 cm³/mol. The summed E-state index contributed by atoms with van der Waals surface area (Å²) in [5, 5.41) is 47.7. The van der Waals surface area contributed by atoms with Gasteiger partial charge in [-0.3, -0.25) is 19.4 Å². The summed E-state index contributed by atoms with van der Waals surface area (Å²) in [4.78, 5) is 88.7. The SMILES string of the molecule is CCCCN(C(=O)OC(C)(C)C)C(NC(=O)CCCCCCCCCCCCCCCCCCCCCCCNC(=O)[C@H](O)[C@@H](O)[C@H](O)[C@@H](C)O)(C(CCCCN(CCC)C(=O)OC(C)(C)C)NC(=O)OC(C)(C)C)N(CCC)C(=O)OC(C)(C)C. The van der Waals surface area contributed by atoms with Gasteiger partial charge in [0.05, 0.1) is 12.1 Å². The zero-order valence-electron chi connectivity index (χ0n) is 57.1. The molecule has 6 atom stereocenters. The first-order chi connectivity index (χ1) is 40.2. The minimum atomic E-state index is -2.06. The maximum Gasteiger partial charge on any atom is 0.413 e. The molecule has 0 saturated heterocycles. The number of rotatable bonds is 45. The minimum Gasteiger partial charge on any atom is -0.444 e. The van der Waals surface area contributed by atoms with Crippen molar-refractivity contribution in [2.75, 3.05) is 32.7 Å². The summed E-state index contributed by atoms with van der Waals surface area (Å²) in [6.07, 6.45) is 17.5. The van der Waals surface area contributed by atoms with Gasteiger partial charge < -0.3 is 60.2 Å². The van der Waals surface area contributed by atoms with E-state index in [-0.39, 0.29) is 25.9 Å². The first-order valence-corrected chi connectivity index (χ1v) is 33.5. The lowest BCUT2D eigenvalue weighted by Crippen LogP contribution is -2.80. The standard InChI is InChI=1S/C66H128N6O14/c1-17-20-50-72(61(82)86-65(14,15)16)66(71(48-19-3)60(81)85-64(11,12)13,52(68-58(79)83-62(5,6)7)44-41-43-49-70(47-18-2)59(80)84-63(8,9)10)69-53(74)45-40-38-36-34-32-30-28-26-24-22-21-23-25-27-29-31-33-35-37-39-42-46-67-57(78)56(77)55(76)54(75)51(4)73/h51-52,54-56,73,75-77H,17-50H2,1-16H3,(H,67,78)(H,68,79)(H,69,74)/t51-,52?,54-,55+,56-,66?/m1/s1. The van der Waals surface area contributed by atoms with E-state index in [2.05, 4.69) is 16.0 Å². The molecule has 506 valence electrons. The van der Waals surface area contributed by atoms with Gasteiger partial charge in [-0.15, -0.1) is 0 Å². The van der Waals surface area contributed by atoms with Gasteiger partial charge in [-0.1, -0.05) is 149 Å². The highest BCUT2D eigenvalue weighted by Gasteiger charge is 2.56. The molecule has 0 aromatic rings. The van der Waals surface area contributed by atoms with E-state index in [1.54, 1.807) is 67.2 Å². The lowest BCUT2D eigenvalue weighted by Gasteiger charge is -2.54. The van der Waals surface area contributed by atoms with Gasteiger partial charge in [0.1, 0.15) is 34.6 Å². The number of carbonyl (C=O) groups excluding carboxylic acids is 6. The van der Waals surface area contributed by atoms with Crippen LogP contribution in [-0.4, -0.2) is 163 Å². The number of nitrogens with zero attached hydrogens (tertiary/aromatic N) is 3. The number of carbonyl (C=O) groups is 6. The fourth-order valence-electron chi connectivity index (χ4n) is 10.1. The molecule has 20 heteroatoms. The van der Waals surface area contributed by atoms with E-state index in [4.69, 9.17) is 18.9 Å². The third-order valence-corrected chi connectivity index (χ3v) is 14.4. The average Bonchev–Trinajstić information content (AvgIpc) is 0.771. The molecule has 0 aromatic carbocycles. The first-order valence-electron chi connectivity index (χ1n) is 33.5. The molecule has 2 unspecified atom stereocenters. The molecule has 0 aliphatic carbocycles. The highest BCUT2D eigenvalue weighted by molar-refractivity contribution is 5.82. The molecule has 20 nitrogen and oxygen atoms in total. The van der Waals surface area contributed by atoms with E-state index in [0.717, 1.165) is 51.4 Å². The molecule has 0 aliphatic rings. The molecule has 86 heavy (non-hydrogen) atoms. The van der Waals surface area contributed by atoms with E-state index < -0.39 is 94.8 Å². The number of nitrogens with one attached hydrogen (secondary N) is 3. The van der Waals surface area contributed by atoms with Gasteiger partial charge in [-0.05, 0) is 141 Å². The Bertz CT molecular complexity index is 1860. The summed E-state index contributed by atoms with van der Waals surface area (Å²) in [7, 11) is 0. The number of aliphatic hydroxyl groups excluding tert-OH is 4. The third-order valence-electron chi connectivity index (χ3n) is 14.4. The highest BCUT2D eigenvalue weighted by atomic mass is 16.6. The second-order valence-electron chi connectivity index (χ2n) is 27.7. The van der Waals surface area contributed by atoms with Gasteiger partial charge >= 0.3 is 24.4 Å². The summed E-state index contributed by atoms with van der Waals surface area (Å²) in [6.45, 7) is 29.6. The van der Waals surface area contributed by atoms with Crippen LogP contribution in [0.1, 0.15) is 297 Å². The number of hydrogen-bond donors (Lipinski definition) is 7. The van der Waals surface area contributed by atoms with Crippen molar-refractivity contribution in [3.05, 3.63) is 0 Å². The van der Waals surface area contributed by atoms with Crippen molar-refractivity contribution in [1.29, 1.82) is 0 Å². The summed E-state index contributed by atoms with van der Waals surface area (Å²) in [5.41, 5.74) is -3.57. The Morgan fingerprint density at radius 3 is 1.22 bits per heavy atom. The Morgan fingerprint density at radius 1 is 0.430 bits per heavy atom. The van der Waals surface area contributed by atoms with Gasteiger partial charge in [0.25, 0.3) is 5.91 Å². The van der Waals surface area contributed by atoms with Crippen LogP contribution >= 0.6 is 0 Å². The zero-order valence-corrected chi connectivity index (χ0v) is 57.1.